The molecule has 1 amide bonds. The second-order valence-corrected chi connectivity index (χ2v) is 7.69. The Kier molecular flexibility index (Phi) is 6.67. The number of thioether (sulfide) groups is 1. The Morgan fingerprint density at radius 1 is 1.07 bits per heavy atom. The van der Waals surface area contributed by atoms with Gasteiger partial charge in [0, 0.05) is 35.2 Å². The van der Waals surface area contributed by atoms with Crippen molar-refractivity contribution < 1.29 is 23.4 Å². The van der Waals surface area contributed by atoms with Crippen molar-refractivity contribution in [1.29, 1.82) is 0 Å². The summed E-state index contributed by atoms with van der Waals surface area (Å²) in [6, 6.07) is 10.2. The number of amides is 1. The lowest BCUT2D eigenvalue weighted by Crippen LogP contribution is -2.33. The fourth-order valence-electron chi connectivity index (χ4n) is 3.35. The van der Waals surface area contributed by atoms with E-state index < -0.39 is 0 Å². The summed E-state index contributed by atoms with van der Waals surface area (Å²) in [6.07, 6.45) is 0.696. The molecule has 1 unspecified atom stereocenters. The summed E-state index contributed by atoms with van der Waals surface area (Å²) in [5.74, 6) is 1.79. The number of benzene rings is 2. The average molecular weight is 405 g/mol. The summed E-state index contributed by atoms with van der Waals surface area (Å²) in [5.41, 5.74) is 1.18. The molecule has 0 spiro atoms. The fourth-order valence-corrected chi connectivity index (χ4v) is 4.60. The van der Waals surface area contributed by atoms with Crippen LogP contribution in [-0.2, 0) is 0 Å². The predicted octanol–water partition coefficient (Wildman–Crippen LogP) is 4.17. The van der Waals surface area contributed by atoms with E-state index in [4.69, 9.17) is 14.2 Å². The molecule has 1 aliphatic heterocycles. The lowest BCUT2D eigenvalue weighted by Gasteiger charge is -2.22. The SMILES string of the molecule is COc1cc(C(=O)N2CCSC(c3ccccc3F)CC2)cc(OC)c1OC. The van der Waals surface area contributed by atoms with Gasteiger partial charge in [0.25, 0.3) is 5.91 Å². The van der Waals surface area contributed by atoms with Gasteiger partial charge in [-0.2, -0.15) is 11.8 Å². The van der Waals surface area contributed by atoms with Crippen LogP contribution in [0, 0.1) is 5.82 Å². The predicted molar refractivity (Wildman–Crippen MR) is 108 cm³/mol. The average Bonchev–Trinajstić information content (AvgIpc) is 2.98. The van der Waals surface area contributed by atoms with Gasteiger partial charge in [0.15, 0.2) is 11.5 Å². The van der Waals surface area contributed by atoms with E-state index in [1.165, 1.54) is 27.4 Å². The van der Waals surface area contributed by atoms with Crippen molar-refractivity contribution in [3.63, 3.8) is 0 Å². The van der Waals surface area contributed by atoms with Crippen molar-refractivity contribution >= 4 is 17.7 Å². The van der Waals surface area contributed by atoms with Crippen molar-refractivity contribution in [2.24, 2.45) is 0 Å². The molecule has 3 rings (SSSR count). The number of carbonyl (C=O) groups is 1. The highest BCUT2D eigenvalue weighted by molar-refractivity contribution is 7.99. The minimum Gasteiger partial charge on any atom is -0.493 e. The molecule has 0 saturated carbocycles. The van der Waals surface area contributed by atoms with Gasteiger partial charge < -0.3 is 19.1 Å². The van der Waals surface area contributed by atoms with Crippen LogP contribution in [0.15, 0.2) is 36.4 Å². The Bertz CT molecular complexity index is 820. The number of methoxy groups -OCH3 is 3. The second-order valence-electron chi connectivity index (χ2n) is 6.38. The van der Waals surface area contributed by atoms with Crippen LogP contribution in [0.1, 0.15) is 27.6 Å². The van der Waals surface area contributed by atoms with Crippen molar-refractivity contribution in [3.05, 3.63) is 53.3 Å². The summed E-state index contributed by atoms with van der Waals surface area (Å²) in [4.78, 5) is 14.9. The number of halogens is 1. The van der Waals surface area contributed by atoms with E-state index in [2.05, 4.69) is 0 Å². The summed E-state index contributed by atoms with van der Waals surface area (Å²) in [7, 11) is 4.57. The molecule has 0 radical (unpaired) electrons. The number of ether oxygens (including phenoxy) is 3. The van der Waals surface area contributed by atoms with Gasteiger partial charge in [-0.1, -0.05) is 18.2 Å². The Labute approximate surface area is 168 Å². The molecule has 2 aromatic carbocycles. The maximum absolute atomic E-state index is 14.1. The van der Waals surface area contributed by atoms with Crippen molar-refractivity contribution in [1.82, 2.24) is 4.90 Å². The smallest absolute Gasteiger partial charge is 0.254 e. The van der Waals surface area contributed by atoms with E-state index in [1.54, 1.807) is 34.9 Å². The second kappa shape index (κ2) is 9.19. The van der Waals surface area contributed by atoms with E-state index in [1.807, 2.05) is 12.1 Å². The Morgan fingerprint density at radius 3 is 2.36 bits per heavy atom. The molecule has 1 heterocycles. The highest BCUT2D eigenvalue weighted by Gasteiger charge is 2.26. The van der Waals surface area contributed by atoms with Crippen LogP contribution in [0.3, 0.4) is 0 Å². The standard InChI is InChI=1S/C21H24FNO4S/c1-25-17-12-14(13-18(26-2)20(17)27-3)21(24)23-9-8-19(28-11-10-23)15-6-4-5-7-16(15)22/h4-7,12-13,19H,8-11H2,1-3H3. The zero-order chi connectivity index (χ0) is 20.1. The van der Waals surface area contributed by atoms with Gasteiger partial charge >= 0.3 is 0 Å². The van der Waals surface area contributed by atoms with E-state index in [-0.39, 0.29) is 17.0 Å². The molecule has 150 valence electrons. The number of rotatable bonds is 5. The highest BCUT2D eigenvalue weighted by atomic mass is 32.2. The Morgan fingerprint density at radius 2 is 1.75 bits per heavy atom. The summed E-state index contributed by atoms with van der Waals surface area (Å²) in [5, 5.41) is 0.0407. The number of carbonyl (C=O) groups excluding carboxylic acids is 1. The minimum atomic E-state index is -0.190. The van der Waals surface area contributed by atoms with Gasteiger partial charge in [-0.05, 0) is 24.6 Å². The van der Waals surface area contributed by atoms with Crippen LogP contribution in [-0.4, -0.2) is 51.0 Å². The van der Waals surface area contributed by atoms with Gasteiger partial charge in [0.2, 0.25) is 5.75 Å². The van der Waals surface area contributed by atoms with Crippen molar-refractivity contribution in [2.75, 3.05) is 40.2 Å². The molecule has 1 aliphatic rings. The first-order valence-electron chi connectivity index (χ1n) is 9.04. The van der Waals surface area contributed by atoms with E-state index >= 15 is 0 Å². The van der Waals surface area contributed by atoms with Crippen molar-refractivity contribution in [2.45, 2.75) is 11.7 Å². The maximum Gasteiger partial charge on any atom is 0.254 e. The summed E-state index contributed by atoms with van der Waals surface area (Å²) in [6.45, 7) is 1.16. The zero-order valence-electron chi connectivity index (χ0n) is 16.2. The quantitative estimate of drug-likeness (QED) is 0.747. The first-order valence-corrected chi connectivity index (χ1v) is 10.1. The van der Waals surface area contributed by atoms with Gasteiger partial charge in [-0.15, -0.1) is 0 Å². The Balaban J connectivity index is 1.79. The fraction of sp³-hybridized carbons (Fsp3) is 0.381. The Hall–Kier alpha value is -2.41. The topological polar surface area (TPSA) is 48.0 Å². The van der Waals surface area contributed by atoms with Gasteiger partial charge in [-0.25, -0.2) is 4.39 Å². The molecular weight excluding hydrogens is 381 g/mol. The largest absolute Gasteiger partial charge is 0.493 e. The molecule has 0 aromatic heterocycles. The lowest BCUT2D eigenvalue weighted by molar-refractivity contribution is 0.0765. The lowest BCUT2D eigenvalue weighted by atomic mass is 10.1. The molecule has 2 aromatic rings. The molecular formula is C21H24FNO4S. The van der Waals surface area contributed by atoms with E-state index in [0.717, 1.165) is 5.75 Å². The molecule has 7 heteroatoms. The molecule has 28 heavy (non-hydrogen) atoms. The van der Waals surface area contributed by atoms with E-state index in [0.29, 0.717) is 47.9 Å². The first-order chi connectivity index (χ1) is 13.6. The summed E-state index contributed by atoms with van der Waals surface area (Å²) < 4.78 is 30.1. The number of hydrogen-bond acceptors (Lipinski definition) is 5. The van der Waals surface area contributed by atoms with Crippen LogP contribution in [0.25, 0.3) is 0 Å². The van der Waals surface area contributed by atoms with Crippen LogP contribution < -0.4 is 14.2 Å². The molecule has 1 atom stereocenters. The highest BCUT2D eigenvalue weighted by Crippen LogP contribution is 2.39. The molecule has 5 nitrogen and oxygen atoms in total. The molecule has 0 aliphatic carbocycles. The van der Waals surface area contributed by atoms with E-state index in [9.17, 15) is 9.18 Å². The van der Waals surface area contributed by atoms with Crippen LogP contribution in [0.4, 0.5) is 4.39 Å². The van der Waals surface area contributed by atoms with Crippen LogP contribution in [0.5, 0.6) is 17.2 Å². The van der Waals surface area contributed by atoms with Crippen molar-refractivity contribution in [3.8, 4) is 17.2 Å². The summed E-state index contributed by atoms with van der Waals surface area (Å²) >= 11 is 1.69. The number of hydrogen-bond donors (Lipinski definition) is 0. The normalized spacial score (nSPS) is 17.0. The third-order valence-electron chi connectivity index (χ3n) is 4.79. The first kappa shape index (κ1) is 20.3. The van der Waals surface area contributed by atoms with Gasteiger partial charge in [0.1, 0.15) is 5.82 Å². The van der Waals surface area contributed by atoms with Gasteiger partial charge in [0.05, 0.1) is 21.3 Å². The molecule has 1 saturated heterocycles. The molecule has 1 fully saturated rings. The van der Waals surface area contributed by atoms with Crippen LogP contribution >= 0.6 is 11.8 Å². The molecule has 0 bridgehead atoms. The zero-order valence-corrected chi connectivity index (χ0v) is 17.1. The van der Waals surface area contributed by atoms with Gasteiger partial charge in [-0.3, -0.25) is 4.79 Å². The van der Waals surface area contributed by atoms with Crippen LogP contribution in [0.2, 0.25) is 0 Å². The third-order valence-corrected chi connectivity index (χ3v) is 6.10. The molecule has 0 N–H and O–H groups in total. The maximum atomic E-state index is 14.1. The number of nitrogens with zero attached hydrogens (tertiary/aromatic N) is 1. The minimum absolute atomic E-state index is 0.0407. The monoisotopic (exact) mass is 405 g/mol. The third kappa shape index (κ3) is 4.19.